The van der Waals surface area contributed by atoms with E-state index < -0.39 is 0 Å². The molecule has 5 heteroatoms. The zero-order valence-corrected chi connectivity index (χ0v) is 11.1. The SMILES string of the molecule is CC(Nc1cc(Cl)cc2cccnc12)c1ccn[nH]1. The van der Waals surface area contributed by atoms with E-state index in [2.05, 4.69) is 27.4 Å². The minimum absolute atomic E-state index is 0.103. The Balaban J connectivity index is 2.00. The molecule has 1 atom stereocenters. The molecule has 0 amide bonds. The lowest BCUT2D eigenvalue weighted by Gasteiger charge is -2.15. The molecule has 2 aromatic heterocycles. The normalized spacial score (nSPS) is 12.5. The first kappa shape index (κ1) is 12.0. The second-order valence-corrected chi connectivity index (χ2v) is 4.84. The molecule has 0 aliphatic rings. The van der Waals surface area contributed by atoms with E-state index in [1.165, 1.54) is 0 Å². The summed E-state index contributed by atoms with van der Waals surface area (Å²) in [7, 11) is 0. The second-order valence-electron chi connectivity index (χ2n) is 4.41. The van der Waals surface area contributed by atoms with Crippen molar-refractivity contribution < 1.29 is 0 Å². The van der Waals surface area contributed by atoms with Gasteiger partial charge < -0.3 is 5.32 Å². The average Bonchev–Trinajstić information content (AvgIpc) is 2.92. The Labute approximate surface area is 115 Å². The minimum atomic E-state index is 0.103. The van der Waals surface area contributed by atoms with E-state index in [4.69, 9.17) is 11.6 Å². The molecule has 0 radical (unpaired) electrons. The predicted octanol–water partition coefficient (Wildman–Crippen LogP) is 3.78. The van der Waals surface area contributed by atoms with Crippen LogP contribution >= 0.6 is 11.6 Å². The maximum atomic E-state index is 6.14. The van der Waals surface area contributed by atoms with Gasteiger partial charge in [0.25, 0.3) is 0 Å². The van der Waals surface area contributed by atoms with Crippen molar-refractivity contribution in [3.05, 3.63) is 53.4 Å². The van der Waals surface area contributed by atoms with Gasteiger partial charge in [0.1, 0.15) is 0 Å². The first-order valence-electron chi connectivity index (χ1n) is 6.04. The van der Waals surface area contributed by atoms with Crippen LogP contribution in [-0.2, 0) is 0 Å². The number of halogens is 1. The summed E-state index contributed by atoms with van der Waals surface area (Å²) in [6.07, 6.45) is 3.52. The van der Waals surface area contributed by atoms with Crippen LogP contribution in [0.3, 0.4) is 0 Å². The molecule has 0 bridgehead atoms. The van der Waals surface area contributed by atoms with Crippen molar-refractivity contribution in [2.24, 2.45) is 0 Å². The van der Waals surface area contributed by atoms with Crippen molar-refractivity contribution in [1.29, 1.82) is 0 Å². The molecular weight excluding hydrogens is 260 g/mol. The predicted molar refractivity (Wildman–Crippen MR) is 77.4 cm³/mol. The minimum Gasteiger partial charge on any atom is -0.375 e. The number of anilines is 1. The number of pyridine rings is 1. The third-order valence-corrected chi connectivity index (χ3v) is 3.25. The number of aromatic amines is 1. The number of nitrogens with one attached hydrogen (secondary N) is 2. The lowest BCUT2D eigenvalue weighted by atomic mass is 10.1. The van der Waals surface area contributed by atoms with E-state index in [0.717, 1.165) is 22.3 Å². The van der Waals surface area contributed by atoms with Gasteiger partial charge in [-0.15, -0.1) is 0 Å². The summed E-state index contributed by atoms with van der Waals surface area (Å²) in [6.45, 7) is 2.06. The third-order valence-electron chi connectivity index (χ3n) is 3.03. The average molecular weight is 273 g/mol. The van der Waals surface area contributed by atoms with Gasteiger partial charge in [-0.2, -0.15) is 5.10 Å². The van der Waals surface area contributed by atoms with Gasteiger partial charge in [-0.3, -0.25) is 10.1 Å². The standard InChI is InChI=1S/C14H13ClN4/c1-9(12-4-6-17-19-12)18-13-8-11(15)7-10-3-2-5-16-14(10)13/h2-9,18H,1H3,(H,17,19). The molecule has 3 aromatic rings. The third kappa shape index (κ3) is 2.39. The molecule has 0 saturated heterocycles. The highest BCUT2D eigenvalue weighted by Crippen LogP contribution is 2.28. The Kier molecular flexibility index (Phi) is 3.09. The molecular formula is C14H13ClN4. The van der Waals surface area contributed by atoms with Crippen molar-refractivity contribution in [3.63, 3.8) is 0 Å². The maximum absolute atomic E-state index is 6.14. The monoisotopic (exact) mass is 272 g/mol. The van der Waals surface area contributed by atoms with Gasteiger partial charge in [-0.05, 0) is 31.2 Å². The molecule has 96 valence electrons. The number of benzene rings is 1. The largest absolute Gasteiger partial charge is 0.375 e. The number of hydrogen-bond donors (Lipinski definition) is 2. The Morgan fingerprint density at radius 1 is 1.26 bits per heavy atom. The molecule has 0 spiro atoms. The number of fused-ring (bicyclic) bond motifs is 1. The molecule has 2 N–H and O–H groups in total. The Morgan fingerprint density at radius 2 is 2.16 bits per heavy atom. The summed E-state index contributed by atoms with van der Waals surface area (Å²) in [6, 6.07) is 9.75. The van der Waals surface area contributed by atoms with E-state index in [1.54, 1.807) is 12.4 Å². The lowest BCUT2D eigenvalue weighted by molar-refractivity contribution is 0.826. The molecule has 3 rings (SSSR count). The van der Waals surface area contributed by atoms with Crippen LogP contribution in [0.15, 0.2) is 42.7 Å². The van der Waals surface area contributed by atoms with Gasteiger partial charge >= 0.3 is 0 Å². The molecule has 0 fully saturated rings. The van der Waals surface area contributed by atoms with Crippen LogP contribution in [0.2, 0.25) is 5.02 Å². The van der Waals surface area contributed by atoms with Crippen LogP contribution in [0.4, 0.5) is 5.69 Å². The number of aromatic nitrogens is 3. The van der Waals surface area contributed by atoms with Crippen LogP contribution in [-0.4, -0.2) is 15.2 Å². The first-order valence-corrected chi connectivity index (χ1v) is 6.42. The highest BCUT2D eigenvalue weighted by molar-refractivity contribution is 6.31. The van der Waals surface area contributed by atoms with Gasteiger partial charge in [-0.25, -0.2) is 0 Å². The van der Waals surface area contributed by atoms with Crippen LogP contribution in [0.5, 0.6) is 0 Å². The van der Waals surface area contributed by atoms with E-state index in [1.807, 2.05) is 30.3 Å². The maximum Gasteiger partial charge on any atom is 0.0934 e. The van der Waals surface area contributed by atoms with Crippen molar-refractivity contribution in [2.45, 2.75) is 13.0 Å². The summed E-state index contributed by atoms with van der Waals surface area (Å²) in [5.41, 5.74) is 2.85. The van der Waals surface area contributed by atoms with E-state index in [-0.39, 0.29) is 6.04 Å². The molecule has 1 unspecified atom stereocenters. The Bertz CT molecular complexity index is 694. The highest BCUT2D eigenvalue weighted by atomic mass is 35.5. The number of rotatable bonds is 3. The van der Waals surface area contributed by atoms with Crippen LogP contribution < -0.4 is 5.32 Å². The smallest absolute Gasteiger partial charge is 0.0934 e. The summed E-state index contributed by atoms with van der Waals surface area (Å²) in [5, 5.41) is 12.0. The topological polar surface area (TPSA) is 53.6 Å². The van der Waals surface area contributed by atoms with Crippen LogP contribution in [0.25, 0.3) is 10.9 Å². The van der Waals surface area contributed by atoms with Gasteiger partial charge in [0, 0.05) is 22.8 Å². The van der Waals surface area contributed by atoms with Crippen molar-refractivity contribution in [1.82, 2.24) is 15.2 Å². The molecule has 0 aliphatic carbocycles. The zero-order valence-electron chi connectivity index (χ0n) is 10.4. The van der Waals surface area contributed by atoms with E-state index >= 15 is 0 Å². The zero-order chi connectivity index (χ0) is 13.2. The van der Waals surface area contributed by atoms with Crippen molar-refractivity contribution in [2.75, 3.05) is 5.32 Å². The van der Waals surface area contributed by atoms with Crippen molar-refractivity contribution in [3.8, 4) is 0 Å². The molecule has 0 aliphatic heterocycles. The van der Waals surface area contributed by atoms with Gasteiger partial charge in [0.15, 0.2) is 0 Å². The molecule has 2 heterocycles. The van der Waals surface area contributed by atoms with E-state index in [0.29, 0.717) is 5.02 Å². The number of nitrogens with zero attached hydrogens (tertiary/aromatic N) is 2. The summed E-state index contributed by atoms with van der Waals surface area (Å²) < 4.78 is 0. The lowest BCUT2D eigenvalue weighted by Crippen LogP contribution is -2.07. The second kappa shape index (κ2) is 4.90. The molecule has 4 nitrogen and oxygen atoms in total. The van der Waals surface area contributed by atoms with Crippen LogP contribution in [0, 0.1) is 0 Å². The number of hydrogen-bond acceptors (Lipinski definition) is 3. The Hall–Kier alpha value is -2.07. The Morgan fingerprint density at radius 3 is 2.95 bits per heavy atom. The van der Waals surface area contributed by atoms with Gasteiger partial charge in [0.2, 0.25) is 0 Å². The fourth-order valence-corrected chi connectivity index (χ4v) is 2.31. The molecule has 19 heavy (non-hydrogen) atoms. The highest BCUT2D eigenvalue weighted by Gasteiger charge is 2.10. The fourth-order valence-electron chi connectivity index (χ4n) is 2.08. The van der Waals surface area contributed by atoms with E-state index in [9.17, 15) is 0 Å². The quantitative estimate of drug-likeness (QED) is 0.763. The summed E-state index contributed by atoms with van der Waals surface area (Å²) in [5.74, 6) is 0. The van der Waals surface area contributed by atoms with Crippen LogP contribution in [0.1, 0.15) is 18.7 Å². The van der Waals surface area contributed by atoms with Gasteiger partial charge in [0.05, 0.1) is 22.9 Å². The van der Waals surface area contributed by atoms with Gasteiger partial charge in [-0.1, -0.05) is 17.7 Å². The van der Waals surface area contributed by atoms with Crippen molar-refractivity contribution >= 4 is 28.2 Å². The first-order chi connectivity index (χ1) is 9.24. The number of H-pyrrole nitrogens is 1. The molecule has 1 aromatic carbocycles. The molecule has 0 saturated carbocycles. The summed E-state index contributed by atoms with van der Waals surface area (Å²) >= 11 is 6.14. The fraction of sp³-hybridized carbons (Fsp3) is 0.143. The summed E-state index contributed by atoms with van der Waals surface area (Å²) in [4.78, 5) is 4.41.